The average Bonchev–Trinajstić information content (AvgIpc) is 2.42. The molecule has 3 heteroatoms. The molecule has 1 N–H and O–H groups in total. The molecular formula is C15H24N2O. The Bertz CT molecular complexity index is 344. The van der Waals surface area contributed by atoms with Crippen LogP contribution in [0.2, 0.25) is 0 Å². The van der Waals surface area contributed by atoms with Gasteiger partial charge in [-0.2, -0.15) is 0 Å². The number of aromatic nitrogens is 1. The minimum Gasteiger partial charge on any atom is -0.381 e. The Balaban J connectivity index is 1.98. The van der Waals surface area contributed by atoms with E-state index in [0.29, 0.717) is 12.0 Å². The minimum atomic E-state index is 0.491. The molecule has 2 heterocycles. The van der Waals surface area contributed by atoms with Gasteiger partial charge in [-0.15, -0.1) is 0 Å². The summed E-state index contributed by atoms with van der Waals surface area (Å²) < 4.78 is 5.61. The third-order valence-corrected chi connectivity index (χ3v) is 3.63. The van der Waals surface area contributed by atoms with Gasteiger partial charge in [0.05, 0.1) is 6.61 Å². The highest BCUT2D eigenvalue weighted by Gasteiger charge is 2.23. The van der Waals surface area contributed by atoms with Crippen molar-refractivity contribution in [3.05, 3.63) is 29.6 Å². The molecule has 3 nitrogen and oxygen atoms in total. The molecule has 2 rings (SSSR count). The maximum absolute atomic E-state index is 5.61. The van der Waals surface area contributed by atoms with Crippen LogP contribution in [0.25, 0.3) is 0 Å². The summed E-state index contributed by atoms with van der Waals surface area (Å²) in [6, 6.07) is 4.78. The van der Waals surface area contributed by atoms with Crippen LogP contribution in [-0.4, -0.2) is 30.8 Å². The summed E-state index contributed by atoms with van der Waals surface area (Å²) >= 11 is 0. The molecule has 0 saturated carbocycles. The predicted octanol–water partition coefficient (Wildman–Crippen LogP) is 2.34. The Morgan fingerprint density at radius 1 is 1.50 bits per heavy atom. The molecule has 2 atom stereocenters. The maximum atomic E-state index is 5.61. The first-order chi connectivity index (χ1) is 8.79. The van der Waals surface area contributed by atoms with Crippen LogP contribution in [0.3, 0.4) is 0 Å². The molecular weight excluding hydrogens is 224 g/mol. The summed E-state index contributed by atoms with van der Waals surface area (Å²) in [7, 11) is 0. The molecule has 18 heavy (non-hydrogen) atoms. The second-order valence-electron chi connectivity index (χ2n) is 5.17. The smallest absolute Gasteiger partial charge is 0.0509 e. The van der Waals surface area contributed by atoms with Crippen molar-refractivity contribution in [3.63, 3.8) is 0 Å². The number of hydrogen-bond donors (Lipinski definition) is 1. The fourth-order valence-corrected chi connectivity index (χ4v) is 2.60. The average molecular weight is 248 g/mol. The van der Waals surface area contributed by atoms with E-state index in [1.807, 2.05) is 6.20 Å². The molecule has 1 fully saturated rings. The first kappa shape index (κ1) is 13.5. The zero-order valence-electron chi connectivity index (χ0n) is 11.5. The van der Waals surface area contributed by atoms with Crippen molar-refractivity contribution in [1.82, 2.24) is 10.3 Å². The van der Waals surface area contributed by atoms with Crippen LogP contribution in [0.15, 0.2) is 18.3 Å². The number of pyridine rings is 1. The molecule has 2 unspecified atom stereocenters. The van der Waals surface area contributed by atoms with Gasteiger partial charge in [-0.25, -0.2) is 0 Å². The van der Waals surface area contributed by atoms with Crippen molar-refractivity contribution >= 4 is 0 Å². The van der Waals surface area contributed by atoms with Crippen molar-refractivity contribution in [2.75, 3.05) is 19.8 Å². The summed E-state index contributed by atoms with van der Waals surface area (Å²) in [5.41, 5.74) is 2.40. The van der Waals surface area contributed by atoms with Gasteiger partial charge >= 0.3 is 0 Å². The lowest BCUT2D eigenvalue weighted by Crippen LogP contribution is -2.41. The van der Waals surface area contributed by atoms with Crippen molar-refractivity contribution in [2.45, 2.75) is 39.2 Å². The quantitative estimate of drug-likeness (QED) is 0.868. The van der Waals surface area contributed by atoms with E-state index < -0.39 is 0 Å². The van der Waals surface area contributed by atoms with Gasteiger partial charge in [0, 0.05) is 31.0 Å². The molecule has 1 aliphatic rings. The Labute approximate surface area is 110 Å². The Morgan fingerprint density at radius 3 is 3.00 bits per heavy atom. The van der Waals surface area contributed by atoms with Gasteiger partial charge in [-0.1, -0.05) is 13.0 Å². The summed E-state index contributed by atoms with van der Waals surface area (Å²) in [4.78, 5) is 4.51. The first-order valence-corrected chi connectivity index (χ1v) is 7.02. The van der Waals surface area contributed by atoms with Crippen LogP contribution >= 0.6 is 0 Å². The van der Waals surface area contributed by atoms with E-state index in [0.717, 1.165) is 26.2 Å². The van der Waals surface area contributed by atoms with E-state index in [4.69, 9.17) is 4.74 Å². The molecule has 1 aromatic rings. The number of nitrogens with one attached hydrogen (secondary N) is 1. The third-order valence-electron chi connectivity index (χ3n) is 3.63. The zero-order chi connectivity index (χ0) is 12.8. The van der Waals surface area contributed by atoms with Gasteiger partial charge in [0.25, 0.3) is 0 Å². The molecule has 0 aliphatic carbocycles. The van der Waals surface area contributed by atoms with Crippen LogP contribution in [0.5, 0.6) is 0 Å². The van der Waals surface area contributed by atoms with Gasteiger partial charge in [0.2, 0.25) is 0 Å². The van der Waals surface area contributed by atoms with Gasteiger partial charge in [0.1, 0.15) is 0 Å². The number of aryl methyl sites for hydroxylation is 1. The molecule has 0 amide bonds. The standard InChI is InChI=1S/C15H24N2O/c1-3-16-15(13-5-4-8-18-11-13)9-14-7-6-12(2)10-17-14/h6-7,10,13,15-16H,3-5,8-9,11H2,1-2H3. The second-order valence-corrected chi connectivity index (χ2v) is 5.17. The lowest BCUT2D eigenvalue weighted by molar-refractivity contribution is 0.0394. The third kappa shape index (κ3) is 3.79. The van der Waals surface area contributed by atoms with Crippen molar-refractivity contribution in [1.29, 1.82) is 0 Å². The van der Waals surface area contributed by atoms with E-state index in [2.05, 4.69) is 36.3 Å². The minimum absolute atomic E-state index is 0.491. The molecule has 0 aromatic carbocycles. The highest BCUT2D eigenvalue weighted by atomic mass is 16.5. The molecule has 0 radical (unpaired) electrons. The second kappa shape index (κ2) is 6.86. The van der Waals surface area contributed by atoms with Crippen LogP contribution in [-0.2, 0) is 11.2 Å². The topological polar surface area (TPSA) is 34.2 Å². The Hall–Kier alpha value is -0.930. The number of rotatable bonds is 5. The normalized spacial score (nSPS) is 21.8. The number of likely N-dealkylation sites (N-methyl/N-ethyl adjacent to an activating group) is 1. The summed E-state index contributed by atoms with van der Waals surface area (Å²) in [5, 5.41) is 3.60. The number of nitrogens with zero attached hydrogens (tertiary/aromatic N) is 1. The van der Waals surface area contributed by atoms with Crippen molar-refractivity contribution < 1.29 is 4.74 Å². The van der Waals surface area contributed by atoms with Crippen LogP contribution < -0.4 is 5.32 Å². The number of hydrogen-bond acceptors (Lipinski definition) is 3. The highest BCUT2D eigenvalue weighted by Crippen LogP contribution is 2.20. The lowest BCUT2D eigenvalue weighted by Gasteiger charge is -2.30. The Kier molecular flexibility index (Phi) is 5.14. The molecule has 100 valence electrons. The van der Waals surface area contributed by atoms with Crippen molar-refractivity contribution in [3.8, 4) is 0 Å². The fourth-order valence-electron chi connectivity index (χ4n) is 2.60. The van der Waals surface area contributed by atoms with Gasteiger partial charge in [0.15, 0.2) is 0 Å². The SMILES string of the molecule is CCNC(Cc1ccc(C)cn1)C1CCCOC1. The van der Waals surface area contributed by atoms with E-state index in [-0.39, 0.29) is 0 Å². The van der Waals surface area contributed by atoms with E-state index in [1.54, 1.807) is 0 Å². The van der Waals surface area contributed by atoms with Crippen LogP contribution in [0.4, 0.5) is 0 Å². The lowest BCUT2D eigenvalue weighted by atomic mass is 9.90. The molecule has 0 spiro atoms. The zero-order valence-corrected chi connectivity index (χ0v) is 11.5. The van der Waals surface area contributed by atoms with E-state index in [1.165, 1.54) is 24.1 Å². The van der Waals surface area contributed by atoms with Crippen LogP contribution in [0, 0.1) is 12.8 Å². The van der Waals surface area contributed by atoms with E-state index in [9.17, 15) is 0 Å². The van der Waals surface area contributed by atoms with Crippen molar-refractivity contribution in [2.24, 2.45) is 5.92 Å². The van der Waals surface area contributed by atoms with E-state index >= 15 is 0 Å². The molecule has 1 saturated heterocycles. The highest BCUT2D eigenvalue weighted by molar-refractivity contribution is 5.13. The van der Waals surface area contributed by atoms with Gasteiger partial charge < -0.3 is 10.1 Å². The molecule has 1 aliphatic heterocycles. The first-order valence-electron chi connectivity index (χ1n) is 7.02. The predicted molar refractivity (Wildman–Crippen MR) is 73.7 cm³/mol. The summed E-state index contributed by atoms with van der Waals surface area (Å²) in [6.45, 7) is 7.07. The monoisotopic (exact) mass is 248 g/mol. The van der Waals surface area contributed by atoms with Gasteiger partial charge in [-0.3, -0.25) is 4.98 Å². The Morgan fingerprint density at radius 2 is 2.39 bits per heavy atom. The number of ether oxygens (including phenoxy) is 1. The largest absolute Gasteiger partial charge is 0.381 e. The van der Waals surface area contributed by atoms with Crippen LogP contribution in [0.1, 0.15) is 31.0 Å². The fraction of sp³-hybridized carbons (Fsp3) is 0.667. The maximum Gasteiger partial charge on any atom is 0.0509 e. The molecule has 1 aromatic heterocycles. The summed E-state index contributed by atoms with van der Waals surface area (Å²) in [5.74, 6) is 0.627. The van der Waals surface area contributed by atoms with Gasteiger partial charge in [-0.05, 0) is 43.9 Å². The summed E-state index contributed by atoms with van der Waals surface area (Å²) in [6.07, 6.45) is 5.41. The molecule has 0 bridgehead atoms.